The smallest absolute Gasteiger partial charge is 0.306 e. The number of hydrogen-bond donors (Lipinski definition) is 0. The fraction of sp³-hybridized carbons (Fsp3) is 0.316. The van der Waals surface area contributed by atoms with Gasteiger partial charge < -0.3 is 9.47 Å². The number of pyridine rings is 1. The number of ether oxygens (including phenoxy) is 2. The summed E-state index contributed by atoms with van der Waals surface area (Å²) in [5.41, 5.74) is 1.30. The number of hydrogen-bond acceptors (Lipinski definition) is 5. The number of esters is 1. The van der Waals surface area contributed by atoms with Gasteiger partial charge in [-0.25, -0.2) is 4.98 Å². The maximum atomic E-state index is 12.1. The van der Waals surface area contributed by atoms with Gasteiger partial charge in [-0.2, -0.15) is 0 Å². The highest BCUT2D eigenvalue weighted by atomic mass is 35.5. The molecule has 0 radical (unpaired) electrons. The van der Waals surface area contributed by atoms with Gasteiger partial charge in [0.2, 0.25) is 0 Å². The Hall–Kier alpha value is -2.40. The van der Waals surface area contributed by atoms with Crippen molar-refractivity contribution in [3.8, 4) is 5.75 Å². The van der Waals surface area contributed by atoms with E-state index in [2.05, 4.69) is 4.98 Å². The van der Waals surface area contributed by atoms with Crippen molar-refractivity contribution in [2.75, 3.05) is 6.61 Å². The van der Waals surface area contributed by atoms with Crippen LogP contribution in [-0.4, -0.2) is 23.3 Å². The third-order valence-corrected chi connectivity index (χ3v) is 3.62. The number of Topliss-reactive ketones (excluding diaryl/α,β-unsaturated/α-hetero) is 1. The van der Waals surface area contributed by atoms with E-state index in [0.717, 1.165) is 17.7 Å². The molecule has 1 heterocycles. The lowest BCUT2D eigenvalue weighted by Gasteiger charge is -2.06. The van der Waals surface area contributed by atoms with Crippen molar-refractivity contribution in [2.24, 2.45) is 0 Å². The van der Waals surface area contributed by atoms with E-state index in [1.807, 2.05) is 6.92 Å². The predicted octanol–water partition coefficient (Wildman–Crippen LogP) is 4.23. The van der Waals surface area contributed by atoms with Crippen LogP contribution in [0.4, 0.5) is 0 Å². The van der Waals surface area contributed by atoms with Crippen LogP contribution in [0.3, 0.4) is 0 Å². The van der Waals surface area contributed by atoms with Crippen LogP contribution >= 0.6 is 11.6 Å². The lowest BCUT2D eigenvalue weighted by molar-refractivity contribution is -0.144. The zero-order valence-corrected chi connectivity index (χ0v) is 14.8. The predicted molar refractivity (Wildman–Crippen MR) is 94.8 cm³/mol. The maximum absolute atomic E-state index is 12.1. The van der Waals surface area contributed by atoms with Crippen molar-refractivity contribution in [1.29, 1.82) is 0 Å². The van der Waals surface area contributed by atoms with Crippen molar-refractivity contribution in [1.82, 2.24) is 4.98 Å². The number of rotatable bonds is 9. The molecular weight excluding hydrogens is 342 g/mol. The average Bonchev–Trinajstić information content (AvgIpc) is 2.64. The Balaban J connectivity index is 1.74. The SMILES string of the molecule is CCCOc1ccc(C(=O)CCC(=O)OCc2ccc(Cl)nc2)cc1. The van der Waals surface area contributed by atoms with E-state index >= 15 is 0 Å². The number of carbonyl (C=O) groups excluding carboxylic acids is 2. The summed E-state index contributed by atoms with van der Waals surface area (Å²) in [5, 5.41) is 0.381. The Morgan fingerprint density at radius 3 is 2.48 bits per heavy atom. The van der Waals surface area contributed by atoms with Gasteiger partial charge in [0, 0.05) is 23.7 Å². The van der Waals surface area contributed by atoms with Crippen LogP contribution < -0.4 is 4.74 Å². The van der Waals surface area contributed by atoms with Crippen LogP contribution in [0.25, 0.3) is 0 Å². The lowest BCUT2D eigenvalue weighted by atomic mass is 10.1. The van der Waals surface area contributed by atoms with Crippen LogP contribution in [0.15, 0.2) is 42.6 Å². The van der Waals surface area contributed by atoms with Crippen LogP contribution in [0, 0.1) is 0 Å². The highest BCUT2D eigenvalue weighted by molar-refractivity contribution is 6.29. The Kier molecular flexibility index (Phi) is 7.41. The normalized spacial score (nSPS) is 10.3. The molecule has 0 amide bonds. The molecule has 1 aromatic heterocycles. The van der Waals surface area contributed by atoms with Gasteiger partial charge in [0.15, 0.2) is 5.78 Å². The minimum absolute atomic E-state index is 0.0357. The van der Waals surface area contributed by atoms with Crippen LogP contribution in [0.1, 0.15) is 42.1 Å². The summed E-state index contributed by atoms with van der Waals surface area (Å²) >= 11 is 5.69. The van der Waals surface area contributed by atoms with Crippen molar-refractivity contribution in [3.05, 3.63) is 58.9 Å². The van der Waals surface area contributed by atoms with E-state index in [0.29, 0.717) is 17.3 Å². The zero-order valence-electron chi connectivity index (χ0n) is 14.0. The number of aromatic nitrogens is 1. The molecule has 0 spiro atoms. The highest BCUT2D eigenvalue weighted by Gasteiger charge is 2.11. The fourth-order valence-electron chi connectivity index (χ4n) is 2.04. The molecule has 0 saturated heterocycles. The van der Waals surface area contributed by atoms with E-state index < -0.39 is 5.97 Å². The summed E-state index contributed by atoms with van der Waals surface area (Å²) in [6, 6.07) is 10.3. The molecular formula is C19H20ClNO4. The molecule has 2 rings (SSSR count). The van der Waals surface area contributed by atoms with Gasteiger partial charge in [-0.1, -0.05) is 24.6 Å². The third kappa shape index (κ3) is 6.55. The van der Waals surface area contributed by atoms with Crippen LogP contribution in [0.2, 0.25) is 5.15 Å². The molecule has 0 N–H and O–H groups in total. The minimum Gasteiger partial charge on any atom is -0.494 e. The monoisotopic (exact) mass is 361 g/mol. The third-order valence-electron chi connectivity index (χ3n) is 3.39. The molecule has 0 bridgehead atoms. The van der Waals surface area contributed by atoms with Gasteiger partial charge in [0.05, 0.1) is 13.0 Å². The average molecular weight is 362 g/mol. The minimum atomic E-state index is -0.425. The second kappa shape index (κ2) is 9.79. The van der Waals surface area contributed by atoms with Gasteiger partial charge in [0.25, 0.3) is 0 Å². The lowest BCUT2D eigenvalue weighted by Crippen LogP contribution is -2.08. The number of halogens is 1. The van der Waals surface area contributed by atoms with Crippen molar-refractivity contribution >= 4 is 23.4 Å². The van der Waals surface area contributed by atoms with E-state index in [1.165, 1.54) is 0 Å². The Morgan fingerprint density at radius 2 is 1.84 bits per heavy atom. The Bertz CT molecular complexity index is 698. The summed E-state index contributed by atoms with van der Waals surface area (Å²) in [7, 11) is 0. The quantitative estimate of drug-likeness (QED) is 0.380. The first-order chi connectivity index (χ1) is 12.1. The topological polar surface area (TPSA) is 65.5 Å². The molecule has 132 valence electrons. The Labute approximate surface area is 151 Å². The van der Waals surface area contributed by atoms with Crippen molar-refractivity contribution < 1.29 is 19.1 Å². The number of ketones is 1. The summed E-state index contributed by atoms with van der Waals surface area (Å²) in [6.07, 6.45) is 2.61. The van der Waals surface area contributed by atoms with E-state index in [4.69, 9.17) is 21.1 Å². The van der Waals surface area contributed by atoms with Gasteiger partial charge >= 0.3 is 5.97 Å². The second-order valence-electron chi connectivity index (χ2n) is 5.45. The highest BCUT2D eigenvalue weighted by Crippen LogP contribution is 2.15. The molecule has 0 unspecified atom stereocenters. The second-order valence-corrected chi connectivity index (χ2v) is 5.83. The summed E-state index contributed by atoms with van der Waals surface area (Å²) in [5.74, 6) is 0.202. The molecule has 0 aliphatic rings. The largest absolute Gasteiger partial charge is 0.494 e. The number of carbonyl (C=O) groups is 2. The van der Waals surface area contributed by atoms with E-state index in [9.17, 15) is 9.59 Å². The van der Waals surface area contributed by atoms with Crippen molar-refractivity contribution in [3.63, 3.8) is 0 Å². The fourth-order valence-corrected chi connectivity index (χ4v) is 2.16. The maximum Gasteiger partial charge on any atom is 0.306 e. The summed E-state index contributed by atoms with van der Waals surface area (Å²) in [6.45, 7) is 2.78. The van der Waals surface area contributed by atoms with Gasteiger partial charge in [-0.3, -0.25) is 9.59 Å². The molecule has 25 heavy (non-hydrogen) atoms. The first-order valence-electron chi connectivity index (χ1n) is 8.10. The van der Waals surface area contributed by atoms with Gasteiger partial charge in [-0.05, 0) is 36.8 Å². The van der Waals surface area contributed by atoms with E-state index in [-0.39, 0.29) is 25.2 Å². The number of benzene rings is 1. The van der Waals surface area contributed by atoms with Crippen LogP contribution in [-0.2, 0) is 16.1 Å². The first kappa shape index (κ1) is 18.9. The molecule has 0 aliphatic heterocycles. The summed E-state index contributed by atoms with van der Waals surface area (Å²) < 4.78 is 10.6. The van der Waals surface area contributed by atoms with Crippen LogP contribution in [0.5, 0.6) is 5.75 Å². The Morgan fingerprint density at radius 1 is 1.08 bits per heavy atom. The molecule has 6 heteroatoms. The zero-order chi connectivity index (χ0) is 18.1. The molecule has 0 fully saturated rings. The molecule has 0 saturated carbocycles. The van der Waals surface area contributed by atoms with E-state index in [1.54, 1.807) is 42.6 Å². The number of nitrogens with zero attached hydrogens (tertiary/aromatic N) is 1. The van der Waals surface area contributed by atoms with Gasteiger partial charge in [-0.15, -0.1) is 0 Å². The molecule has 0 aliphatic carbocycles. The first-order valence-corrected chi connectivity index (χ1v) is 8.48. The van der Waals surface area contributed by atoms with Crippen molar-refractivity contribution in [2.45, 2.75) is 32.8 Å². The summed E-state index contributed by atoms with van der Waals surface area (Å²) in [4.78, 5) is 27.8. The molecule has 0 atom stereocenters. The molecule has 5 nitrogen and oxygen atoms in total. The molecule has 1 aromatic carbocycles. The standard InChI is InChI=1S/C19H20ClNO4/c1-2-11-24-16-6-4-15(5-7-16)17(22)8-10-19(23)25-13-14-3-9-18(20)21-12-14/h3-7,9,12H,2,8,10-11,13H2,1H3. The molecule has 2 aromatic rings. The van der Waals surface area contributed by atoms with Gasteiger partial charge in [0.1, 0.15) is 17.5 Å².